The van der Waals surface area contributed by atoms with Gasteiger partial charge < -0.3 is 4.98 Å². The van der Waals surface area contributed by atoms with Crippen LogP contribution in [0.4, 0.5) is 0 Å². The van der Waals surface area contributed by atoms with Gasteiger partial charge >= 0.3 is 0 Å². The third-order valence-electron chi connectivity index (χ3n) is 6.04. The Bertz CT molecular complexity index is 1210. The quantitative estimate of drug-likeness (QED) is 0.433. The molecule has 0 unspecified atom stereocenters. The van der Waals surface area contributed by atoms with E-state index in [0.717, 1.165) is 42.5 Å². The number of aryl methyl sites for hydroxylation is 3. The second-order valence-electron chi connectivity index (χ2n) is 8.19. The molecule has 29 heavy (non-hydrogen) atoms. The van der Waals surface area contributed by atoms with Crippen molar-refractivity contribution in [2.45, 2.75) is 58.3 Å². The van der Waals surface area contributed by atoms with Crippen LogP contribution in [0.3, 0.4) is 0 Å². The number of hydrogen-bond acceptors (Lipinski definition) is 5. The van der Waals surface area contributed by atoms with E-state index >= 15 is 0 Å². The average Bonchev–Trinajstić information content (AvgIpc) is 3.18. The minimum Gasteiger partial charge on any atom is -0.322 e. The molecule has 2 aliphatic carbocycles. The van der Waals surface area contributed by atoms with E-state index in [1.165, 1.54) is 39.3 Å². The zero-order valence-corrected chi connectivity index (χ0v) is 18.7. The number of amides is 1. The van der Waals surface area contributed by atoms with Crippen molar-refractivity contribution in [3.05, 3.63) is 46.9 Å². The van der Waals surface area contributed by atoms with Gasteiger partial charge in [0, 0.05) is 9.75 Å². The number of H-pyrrole nitrogens is 1. The summed E-state index contributed by atoms with van der Waals surface area (Å²) < 4.78 is 1.45. The molecule has 1 amide bonds. The van der Waals surface area contributed by atoms with Crippen molar-refractivity contribution in [2.24, 2.45) is 5.92 Å². The van der Waals surface area contributed by atoms with Gasteiger partial charge in [0.2, 0.25) is 4.77 Å². The summed E-state index contributed by atoms with van der Waals surface area (Å²) in [5, 5.41) is 0.688. The van der Waals surface area contributed by atoms with Crippen LogP contribution >= 0.6 is 34.9 Å². The number of aromatic nitrogens is 2. The molecule has 2 N–H and O–H groups in total. The van der Waals surface area contributed by atoms with Crippen LogP contribution < -0.4 is 11.0 Å². The number of carbonyl (C=O) groups is 1. The van der Waals surface area contributed by atoms with Crippen LogP contribution in [0.2, 0.25) is 0 Å². The fourth-order valence-electron chi connectivity index (χ4n) is 4.46. The number of nitrogens with zero attached hydrogens (tertiary/aromatic N) is 1. The summed E-state index contributed by atoms with van der Waals surface area (Å²) in [6.45, 7) is 2.25. The van der Waals surface area contributed by atoms with Gasteiger partial charge in [0.1, 0.15) is 4.83 Å². The maximum atomic E-state index is 13.2. The predicted octanol–water partition coefficient (Wildman–Crippen LogP) is 4.96. The summed E-state index contributed by atoms with van der Waals surface area (Å²) in [4.78, 5) is 33.4. The smallest absolute Gasteiger partial charge is 0.282 e. The van der Waals surface area contributed by atoms with Crippen molar-refractivity contribution in [2.75, 3.05) is 5.43 Å². The molecule has 5 rings (SSSR count). The van der Waals surface area contributed by atoms with Gasteiger partial charge in [-0.15, -0.1) is 22.7 Å². The molecule has 152 valence electrons. The largest absolute Gasteiger partial charge is 0.322 e. The van der Waals surface area contributed by atoms with Crippen molar-refractivity contribution in [3.63, 3.8) is 0 Å². The molecule has 0 aliphatic heterocycles. The van der Waals surface area contributed by atoms with Crippen LogP contribution in [0.15, 0.2) is 10.9 Å². The lowest BCUT2D eigenvalue weighted by molar-refractivity contribution is 0.101. The number of rotatable bonds is 2. The highest BCUT2D eigenvalue weighted by molar-refractivity contribution is 7.71. The van der Waals surface area contributed by atoms with Crippen molar-refractivity contribution >= 4 is 51.0 Å². The van der Waals surface area contributed by atoms with E-state index in [4.69, 9.17) is 12.2 Å². The summed E-state index contributed by atoms with van der Waals surface area (Å²) in [5.41, 5.74) is 4.96. The Morgan fingerprint density at radius 3 is 2.90 bits per heavy atom. The molecular formula is C21H23N3O2S3. The van der Waals surface area contributed by atoms with Crippen LogP contribution in [0.25, 0.3) is 10.2 Å². The van der Waals surface area contributed by atoms with Crippen LogP contribution in [-0.4, -0.2) is 15.6 Å². The van der Waals surface area contributed by atoms with E-state index in [-0.39, 0.29) is 16.2 Å². The van der Waals surface area contributed by atoms with Gasteiger partial charge in [-0.05, 0) is 80.3 Å². The molecule has 0 bridgehead atoms. The summed E-state index contributed by atoms with van der Waals surface area (Å²) in [6.07, 6.45) is 8.66. The third-order valence-corrected chi connectivity index (χ3v) is 8.73. The highest BCUT2D eigenvalue weighted by Crippen LogP contribution is 2.35. The second kappa shape index (κ2) is 7.49. The molecule has 0 radical (unpaired) electrons. The van der Waals surface area contributed by atoms with E-state index in [9.17, 15) is 9.59 Å². The lowest BCUT2D eigenvalue weighted by Crippen LogP contribution is -2.34. The van der Waals surface area contributed by atoms with Gasteiger partial charge in [-0.2, -0.15) is 4.68 Å². The Morgan fingerprint density at radius 2 is 2.03 bits per heavy atom. The van der Waals surface area contributed by atoms with Gasteiger partial charge in [0.25, 0.3) is 11.5 Å². The SMILES string of the molecule is C[C@@H]1CCc2c(sc3[nH]c(=S)n(NC(=O)c4cc5c(s4)CCCCC5)c(=O)c23)C1. The summed E-state index contributed by atoms with van der Waals surface area (Å²) in [7, 11) is 0. The predicted molar refractivity (Wildman–Crippen MR) is 122 cm³/mol. The van der Waals surface area contributed by atoms with Crippen molar-refractivity contribution < 1.29 is 4.79 Å². The van der Waals surface area contributed by atoms with Gasteiger partial charge in [0.15, 0.2) is 0 Å². The molecule has 0 spiro atoms. The first-order chi connectivity index (χ1) is 14.0. The molecular weight excluding hydrogens is 422 g/mol. The van der Waals surface area contributed by atoms with E-state index in [1.54, 1.807) is 22.7 Å². The topological polar surface area (TPSA) is 66.9 Å². The normalized spacial score (nSPS) is 18.9. The minimum absolute atomic E-state index is 0.220. The van der Waals surface area contributed by atoms with Gasteiger partial charge in [-0.1, -0.05) is 13.3 Å². The fourth-order valence-corrected chi connectivity index (χ4v) is 7.30. The van der Waals surface area contributed by atoms with Gasteiger partial charge in [0.05, 0.1) is 10.3 Å². The van der Waals surface area contributed by atoms with Crippen molar-refractivity contribution in [1.82, 2.24) is 9.66 Å². The highest BCUT2D eigenvalue weighted by atomic mass is 32.1. The first-order valence-electron chi connectivity index (χ1n) is 10.2. The van der Waals surface area contributed by atoms with E-state index < -0.39 is 0 Å². The Kier molecular flexibility index (Phi) is 4.96. The first-order valence-corrected chi connectivity index (χ1v) is 12.3. The summed E-state index contributed by atoms with van der Waals surface area (Å²) in [6, 6.07) is 1.99. The summed E-state index contributed by atoms with van der Waals surface area (Å²) in [5.74, 6) is 0.372. The number of carbonyl (C=O) groups excluding carboxylic acids is 1. The molecule has 1 atom stereocenters. The lowest BCUT2D eigenvalue weighted by Gasteiger charge is -2.17. The Labute approximate surface area is 181 Å². The van der Waals surface area contributed by atoms with E-state index in [2.05, 4.69) is 17.3 Å². The third kappa shape index (κ3) is 3.41. The molecule has 0 fully saturated rings. The molecule has 8 heteroatoms. The fraction of sp³-hybridized carbons (Fsp3) is 0.476. The maximum Gasteiger partial charge on any atom is 0.282 e. The zero-order valence-electron chi connectivity index (χ0n) is 16.3. The monoisotopic (exact) mass is 445 g/mol. The first kappa shape index (κ1) is 19.2. The number of hydrogen-bond donors (Lipinski definition) is 2. The number of thiophene rings is 2. The molecule has 3 aromatic rings. The highest BCUT2D eigenvalue weighted by Gasteiger charge is 2.24. The number of nitrogens with one attached hydrogen (secondary N) is 2. The Morgan fingerprint density at radius 1 is 1.21 bits per heavy atom. The zero-order chi connectivity index (χ0) is 20.1. The van der Waals surface area contributed by atoms with Crippen LogP contribution in [0.1, 0.15) is 63.2 Å². The number of fused-ring (bicyclic) bond motifs is 4. The lowest BCUT2D eigenvalue weighted by atomic mass is 9.89. The van der Waals surface area contributed by atoms with Crippen LogP contribution in [-0.2, 0) is 25.7 Å². The Hall–Kier alpha value is -1.77. The van der Waals surface area contributed by atoms with Gasteiger partial charge in [-0.25, -0.2) is 0 Å². The molecule has 0 saturated heterocycles. The minimum atomic E-state index is -0.262. The summed E-state index contributed by atoms with van der Waals surface area (Å²) >= 11 is 8.58. The standard InChI is InChI=1S/C21H23N3O2S3/c1-11-7-8-13-15(9-11)29-19-17(13)20(26)24(21(27)22-19)23-18(25)16-10-12-5-3-2-4-6-14(12)28-16/h10-11H,2-9H2,1H3,(H,22,27)(H,23,25)/t11-/m1/s1. The molecule has 2 aliphatic rings. The van der Waals surface area contributed by atoms with E-state index in [0.29, 0.717) is 16.2 Å². The molecule has 0 saturated carbocycles. The van der Waals surface area contributed by atoms with E-state index in [1.807, 2.05) is 6.07 Å². The average molecular weight is 446 g/mol. The molecule has 5 nitrogen and oxygen atoms in total. The van der Waals surface area contributed by atoms with Crippen molar-refractivity contribution in [3.8, 4) is 0 Å². The van der Waals surface area contributed by atoms with Crippen LogP contribution in [0, 0.1) is 10.7 Å². The molecule has 0 aromatic carbocycles. The van der Waals surface area contributed by atoms with Crippen LogP contribution in [0.5, 0.6) is 0 Å². The van der Waals surface area contributed by atoms with Gasteiger partial charge in [-0.3, -0.25) is 15.0 Å². The second-order valence-corrected chi connectivity index (χ2v) is 10.8. The Balaban J connectivity index is 1.51. The molecule has 3 aromatic heterocycles. The number of aromatic amines is 1. The molecule has 3 heterocycles. The van der Waals surface area contributed by atoms with Crippen molar-refractivity contribution in [1.29, 1.82) is 0 Å². The maximum absolute atomic E-state index is 13.2.